The lowest BCUT2D eigenvalue weighted by molar-refractivity contribution is -0.123. The summed E-state index contributed by atoms with van der Waals surface area (Å²) >= 11 is 6.18. The van der Waals surface area contributed by atoms with Crippen LogP contribution in [0.1, 0.15) is 18.5 Å². The molecule has 0 radical (unpaired) electrons. The summed E-state index contributed by atoms with van der Waals surface area (Å²) in [7, 11) is 0. The monoisotopic (exact) mass is 398 g/mol. The minimum atomic E-state index is -0.235. The SMILES string of the molecule is C[C@H](NC(=O)COc1ccc(Cl)c2cccnc12)c1ccc2c(c1)OCCO2. The molecule has 1 amide bonds. The summed E-state index contributed by atoms with van der Waals surface area (Å²) in [6.45, 7) is 2.85. The van der Waals surface area contributed by atoms with Crippen molar-refractivity contribution < 1.29 is 19.0 Å². The van der Waals surface area contributed by atoms with E-state index >= 15 is 0 Å². The van der Waals surface area contributed by atoms with Crippen LogP contribution in [0.25, 0.3) is 10.9 Å². The highest BCUT2D eigenvalue weighted by molar-refractivity contribution is 6.35. The lowest BCUT2D eigenvalue weighted by Gasteiger charge is -2.21. The molecule has 0 fully saturated rings. The molecule has 6 nitrogen and oxygen atoms in total. The highest BCUT2D eigenvalue weighted by atomic mass is 35.5. The fourth-order valence-electron chi connectivity index (χ4n) is 3.07. The van der Waals surface area contributed by atoms with E-state index < -0.39 is 0 Å². The lowest BCUT2D eigenvalue weighted by atomic mass is 10.1. The van der Waals surface area contributed by atoms with E-state index in [9.17, 15) is 4.79 Å². The first kappa shape index (κ1) is 18.4. The Morgan fingerprint density at radius 1 is 1.21 bits per heavy atom. The molecular weight excluding hydrogens is 380 g/mol. The molecule has 2 heterocycles. The molecule has 0 saturated heterocycles. The van der Waals surface area contributed by atoms with Crippen LogP contribution in [0.15, 0.2) is 48.7 Å². The van der Waals surface area contributed by atoms with Gasteiger partial charge in [0, 0.05) is 11.6 Å². The molecule has 144 valence electrons. The van der Waals surface area contributed by atoms with Gasteiger partial charge in [-0.2, -0.15) is 0 Å². The molecule has 1 aromatic heterocycles. The topological polar surface area (TPSA) is 69.7 Å². The molecule has 28 heavy (non-hydrogen) atoms. The largest absolute Gasteiger partial charge is 0.486 e. The van der Waals surface area contributed by atoms with Gasteiger partial charge in [-0.05, 0) is 48.9 Å². The summed E-state index contributed by atoms with van der Waals surface area (Å²) in [5.74, 6) is 1.70. The van der Waals surface area contributed by atoms with E-state index in [1.54, 1.807) is 24.4 Å². The second-order valence-electron chi connectivity index (χ2n) is 6.43. The van der Waals surface area contributed by atoms with Gasteiger partial charge in [0.2, 0.25) is 0 Å². The van der Waals surface area contributed by atoms with Gasteiger partial charge in [-0.25, -0.2) is 0 Å². The molecule has 0 spiro atoms. The minimum Gasteiger partial charge on any atom is -0.486 e. The van der Waals surface area contributed by atoms with Gasteiger partial charge in [-0.1, -0.05) is 17.7 Å². The number of nitrogens with one attached hydrogen (secondary N) is 1. The molecule has 0 aliphatic carbocycles. The van der Waals surface area contributed by atoms with Crippen LogP contribution in [-0.4, -0.2) is 30.7 Å². The maximum Gasteiger partial charge on any atom is 0.258 e. The number of benzene rings is 2. The Labute approximate surface area is 167 Å². The van der Waals surface area contributed by atoms with Gasteiger partial charge < -0.3 is 19.5 Å². The number of pyridine rings is 1. The number of nitrogens with zero attached hydrogens (tertiary/aromatic N) is 1. The Bertz CT molecular complexity index is 1020. The summed E-state index contributed by atoms with van der Waals surface area (Å²) in [6.07, 6.45) is 1.66. The Balaban J connectivity index is 1.40. The number of halogens is 1. The Hall–Kier alpha value is -2.99. The third-order valence-electron chi connectivity index (χ3n) is 4.48. The maximum absolute atomic E-state index is 12.4. The zero-order chi connectivity index (χ0) is 19.5. The second-order valence-corrected chi connectivity index (χ2v) is 6.83. The summed E-state index contributed by atoms with van der Waals surface area (Å²) in [6, 6.07) is 12.6. The normalized spacial score (nSPS) is 13.8. The fourth-order valence-corrected chi connectivity index (χ4v) is 3.28. The molecule has 2 aromatic carbocycles. The number of hydrogen-bond donors (Lipinski definition) is 1. The molecule has 1 atom stereocenters. The molecule has 1 aliphatic rings. The highest BCUT2D eigenvalue weighted by Gasteiger charge is 2.16. The molecule has 3 aromatic rings. The molecule has 1 aliphatic heterocycles. The van der Waals surface area contributed by atoms with Gasteiger partial charge in [-0.3, -0.25) is 9.78 Å². The number of carbonyl (C=O) groups excluding carboxylic acids is 1. The van der Waals surface area contributed by atoms with Crippen molar-refractivity contribution in [2.45, 2.75) is 13.0 Å². The van der Waals surface area contributed by atoms with Crippen molar-refractivity contribution in [3.05, 3.63) is 59.2 Å². The van der Waals surface area contributed by atoms with Crippen molar-refractivity contribution >= 4 is 28.4 Å². The first-order chi connectivity index (χ1) is 13.6. The number of ether oxygens (including phenoxy) is 3. The van der Waals surface area contributed by atoms with Crippen LogP contribution in [0.2, 0.25) is 5.02 Å². The third kappa shape index (κ3) is 3.82. The number of rotatable bonds is 5. The summed E-state index contributed by atoms with van der Waals surface area (Å²) in [5.41, 5.74) is 1.55. The first-order valence-corrected chi connectivity index (χ1v) is 9.34. The van der Waals surface area contributed by atoms with Crippen molar-refractivity contribution in [3.63, 3.8) is 0 Å². The average molecular weight is 399 g/mol. The van der Waals surface area contributed by atoms with E-state index in [4.69, 9.17) is 25.8 Å². The van der Waals surface area contributed by atoms with E-state index in [1.165, 1.54) is 0 Å². The van der Waals surface area contributed by atoms with Crippen LogP contribution in [-0.2, 0) is 4.79 Å². The molecule has 7 heteroatoms. The number of hydrogen-bond acceptors (Lipinski definition) is 5. The molecule has 0 saturated carbocycles. The van der Waals surface area contributed by atoms with E-state index in [-0.39, 0.29) is 18.6 Å². The second kappa shape index (κ2) is 7.94. The Morgan fingerprint density at radius 2 is 2.04 bits per heavy atom. The van der Waals surface area contributed by atoms with E-state index in [0.29, 0.717) is 35.3 Å². The van der Waals surface area contributed by atoms with Crippen LogP contribution in [0.5, 0.6) is 17.2 Å². The Morgan fingerprint density at radius 3 is 2.89 bits per heavy atom. The van der Waals surface area contributed by atoms with E-state index in [2.05, 4.69) is 10.3 Å². The van der Waals surface area contributed by atoms with Gasteiger partial charge in [-0.15, -0.1) is 0 Å². The zero-order valence-corrected chi connectivity index (χ0v) is 16.0. The highest BCUT2D eigenvalue weighted by Crippen LogP contribution is 2.33. The van der Waals surface area contributed by atoms with Crippen molar-refractivity contribution in [1.29, 1.82) is 0 Å². The van der Waals surface area contributed by atoms with Crippen LogP contribution in [0.3, 0.4) is 0 Å². The van der Waals surface area contributed by atoms with Gasteiger partial charge in [0.1, 0.15) is 24.5 Å². The molecule has 1 N–H and O–H groups in total. The number of aromatic nitrogens is 1. The van der Waals surface area contributed by atoms with Crippen molar-refractivity contribution in [2.75, 3.05) is 19.8 Å². The van der Waals surface area contributed by atoms with Gasteiger partial charge >= 0.3 is 0 Å². The molecule has 0 bridgehead atoms. The number of fused-ring (bicyclic) bond motifs is 2. The van der Waals surface area contributed by atoms with Crippen LogP contribution in [0, 0.1) is 0 Å². The number of amides is 1. The predicted octanol–water partition coefficient (Wildman–Crippen LogP) is 3.92. The van der Waals surface area contributed by atoms with E-state index in [1.807, 2.05) is 31.2 Å². The van der Waals surface area contributed by atoms with Gasteiger partial charge in [0.15, 0.2) is 18.1 Å². The van der Waals surface area contributed by atoms with Gasteiger partial charge in [0.05, 0.1) is 11.1 Å². The molecule has 0 unspecified atom stereocenters. The van der Waals surface area contributed by atoms with Crippen LogP contribution in [0.4, 0.5) is 0 Å². The maximum atomic E-state index is 12.4. The van der Waals surface area contributed by atoms with Crippen molar-refractivity contribution in [2.24, 2.45) is 0 Å². The average Bonchev–Trinajstić information content (AvgIpc) is 2.73. The van der Waals surface area contributed by atoms with E-state index in [0.717, 1.165) is 16.7 Å². The van der Waals surface area contributed by atoms with Crippen LogP contribution >= 0.6 is 11.6 Å². The lowest BCUT2D eigenvalue weighted by Crippen LogP contribution is -2.31. The number of carbonyl (C=O) groups is 1. The minimum absolute atomic E-state index is 0.123. The molecule has 4 rings (SSSR count). The molecular formula is C21H19ClN2O4. The fraction of sp³-hybridized carbons (Fsp3) is 0.238. The van der Waals surface area contributed by atoms with Crippen molar-refractivity contribution in [3.8, 4) is 17.2 Å². The quantitative estimate of drug-likeness (QED) is 0.705. The Kier molecular flexibility index (Phi) is 5.21. The predicted molar refractivity (Wildman–Crippen MR) is 106 cm³/mol. The van der Waals surface area contributed by atoms with Crippen LogP contribution < -0.4 is 19.5 Å². The summed E-state index contributed by atoms with van der Waals surface area (Å²) in [5, 5.41) is 4.30. The van der Waals surface area contributed by atoms with Crippen molar-refractivity contribution in [1.82, 2.24) is 10.3 Å². The summed E-state index contributed by atoms with van der Waals surface area (Å²) < 4.78 is 16.8. The third-order valence-corrected chi connectivity index (χ3v) is 4.81. The smallest absolute Gasteiger partial charge is 0.258 e. The zero-order valence-electron chi connectivity index (χ0n) is 15.3. The standard InChI is InChI=1S/C21H19ClN2O4/c1-13(14-4-6-17-19(11-14)27-10-9-26-17)24-20(25)12-28-18-7-5-16(22)15-3-2-8-23-21(15)18/h2-8,11,13H,9-10,12H2,1H3,(H,24,25)/t13-/m0/s1. The van der Waals surface area contributed by atoms with Gasteiger partial charge in [0.25, 0.3) is 5.91 Å². The summed E-state index contributed by atoms with van der Waals surface area (Å²) in [4.78, 5) is 16.7. The first-order valence-electron chi connectivity index (χ1n) is 8.97.